The summed E-state index contributed by atoms with van der Waals surface area (Å²) in [6.45, 7) is 11.9. The molecule has 0 saturated heterocycles. The van der Waals surface area contributed by atoms with E-state index in [9.17, 15) is 14.7 Å². The highest BCUT2D eigenvalue weighted by molar-refractivity contribution is 5.69. The van der Waals surface area contributed by atoms with Gasteiger partial charge in [-0.25, -0.2) is 9.59 Å². The van der Waals surface area contributed by atoms with Gasteiger partial charge in [0.15, 0.2) is 6.29 Å². The number of rotatable bonds is 7. The fourth-order valence-corrected chi connectivity index (χ4v) is 3.08. The number of alkyl carbamates (subject to hydrolysis) is 1. The van der Waals surface area contributed by atoms with Gasteiger partial charge in [-0.1, -0.05) is 24.4 Å². The van der Waals surface area contributed by atoms with Crippen LogP contribution in [0, 0.1) is 6.92 Å². The summed E-state index contributed by atoms with van der Waals surface area (Å²) in [6.07, 6.45) is -0.339. The van der Waals surface area contributed by atoms with Gasteiger partial charge in [0.05, 0.1) is 6.61 Å². The van der Waals surface area contributed by atoms with E-state index in [1.54, 1.807) is 25.7 Å². The Bertz CT molecular complexity index is 824. The molecule has 2 amide bonds. The molecule has 1 heterocycles. The number of aliphatic hydroxyl groups is 1. The Morgan fingerprint density at radius 1 is 1.40 bits per heavy atom. The molecule has 0 aliphatic carbocycles. The minimum absolute atomic E-state index is 0.201. The third kappa shape index (κ3) is 6.62. The molecule has 1 aliphatic rings. The van der Waals surface area contributed by atoms with Crippen LogP contribution in [0.25, 0.3) is 0 Å². The monoisotopic (exact) mass is 418 g/mol. The molecule has 0 aromatic heterocycles. The second-order valence-corrected chi connectivity index (χ2v) is 7.95. The van der Waals surface area contributed by atoms with Gasteiger partial charge in [0.1, 0.15) is 11.9 Å². The van der Waals surface area contributed by atoms with Gasteiger partial charge in [-0.2, -0.15) is 0 Å². The Morgan fingerprint density at radius 3 is 2.80 bits per heavy atom. The molecule has 0 fully saturated rings. The molecule has 1 aromatic rings. The van der Waals surface area contributed by atoms with Crippen molar-refractivity contribution in [3.63, 3.8) is 0 Å². The molecule has 0 bridgehead atoms. The highest BCUT2D eigenvalue weighted by Gasteiger charge is 2.25. The van der Waals surface area contributed by atoms with Crippen LogP contribution >= 0.6 is 0 Å². The lowest BCUT2D eigenvalue weighted by Crippen LogP contribution is -2.42. The van der Waals surface area contributed by atoms with Crippen molar-refractivity contribution in [1.29, 1.82) is 0 Å². The number of carbonyl (C=O) groups is 2. The largest absolute Gasteiger partial charge is 0.444 e. The Hall–Kier alpha value is -2.80. The van der Waals surface area contributed by atoms with Crippen LogP contribution in [0.5, 0.6) is 0 Å². The first-order chi connectivity index (χ1) is 14.1. The number of aliphatic hydroxyl groups excluding tert-OH is 1. The standard InChI is InChI=1S/C22H30N2O6/c1-6-13-28-20(26)23-10-12-24(21(27)30-22(3,4)5)11-9-16-7-8-17-18(15(16)2)14-29-19(17)25/h7-8,13,19,25H,1,9-12,14H2,2-5H3,(H,23,26). The molecule has 0 saturated carbocycles. The highest BCUT2D eigenvalue weighted by Crippen LogP contribution is 2.32. The zero-order valence-corrected chi connectivity index (χ0v) is 18.0. The molecule has 0 radical (unpaired) electrons. The van der Waals surface area contributed by atoms with E-state index in [1.165, 1.54) is 0 Å². The van der Waals surface area contributed by atoms with Gasteiger partial charge in [0, 0.05) is 25.2 Å². The van der Waals surface area contributed by atoms with Crippen molar-refractivity contribution in [2.24, 2.45) is 0 Å². The normalized spacial score (nSPS) is 15.0. The zero-order valence-electron chi connectivity index (χ0n) is 18.0. The lowest BCUT2D eigenvalue weighted by Gasteiger charge is -2.27. The average molecular weight is 418 g/mol. The number of carbonyl (C=O) groups excluding carboxylic acids is 2. The quantitative estimate of drug-likeness (QED) is 0.521. The van der Waals surface area contributed by atoms with Gasteiger partial charge in [-0.05, 0) is 50.8 Å². The number of amides is 2. The topological polar surface area (TPSA) is 97.3 Å². The number of hydrogen-bond donors (Lipinski definition) is 2. The van der Waals surface area contributed by atoms with Gasteiger partial charge in [0.25, 0.3) is 0 Å². The first-order valence-corrected chi connectivity index (χ1v) is 9.80. The van der Waals surface area contributed by atoms with Crippen LogP contribution in [-0.2, 0) is 27.2 Å². The lowest BCUT2D eigenvalue weighted by molar-refractivity contribution is -0.0918. The minimum atomic E-state index is -0.882. The maximum Gasteiger partial charge on any atom is 0.412 e. The van der Waals surface area contributed by atoms with E-state index < -0.39 is 24.1 Å². The van der Waals surface area contributed by atoms with Crippen LogP contribution in [0.2, 0.25) is 0 Å². The molecule has 8 nitrogen and oxygen atoms in total. The zero-order chi connectivity index (χ0) is 22.3. The van der Waals surface area contributed by atoms with Gasteiger partial charge >= 0.3 is 12.2 Å². The number of hydrogen-bond acceptors (Lipinski definition) is 6. The molecule has 8 heteroatoms. The predicted octanol–water partition coefficient (Wildman–Crippen LogP) is 3.32. The Morgan fingerprint density at radius 2 is 2.13 bits per heavy atom. The van der Waals surface area contributed by atoms with E-state index in [0.717, 1.165) is 28.5 Å². The van der Waals surface area contributed by atoms with Gasteiger partial charge in [-0.3, -0.25) is 0 Å². The van der Waals surface area contributed by atoms with Crippen LogP contribution < -0.4 is 5.32 Å². The molecular weight excluding hydrogens is 388 g/mol. The van der Waals surface area contributed by atoms with Crippen LogP contribution in [0.3, 0.4) is 0 Å². The van der Waals surface area contributed by atoms with Crippen LogP contribution in [-0.4, -0.2) is 47.4 Å². The Kier molecular flexibility index (Phi) is 8.06. The summed E-state index contributed by atoms with van der Waals surface area (Å²) < 4.78 is 15.5. The van der Waals surface area contributed by atoms with E-state index in [-0.39, 0.29) is 13.1 Å². The summed E-state index contributed by atoms with van der Waals surface area (Å²) in [5, 5.41) is 12.4. The highest BCUT2D eigenvalue weighted by atomic mass is 16.6. The van der Waals surface area contributed by atoms with Crippen molar-refractivity contribution in [2.75, 3.05) is 19.6 Å². The van der Waals surface area contributed by atoms with E-state index in [2.05, 4.69) is 17.6 Å². The molecule has 1 aromatic carbocycles. The summed E-state index contributed by atoms with van der Waals surface area (Å²) in [7, 11) is 0. The van der Waals surface area contributed by atoms with E-state index >= 15 is 0 Å². The van der Waals surface area contributed by atoms with Crippen LogP contribution in [0.15, 0.2) is 30.7 Å². The Balaban J connectivity index is 2.03. The molecule has 2 N–H and O–H groups in total. The summed E-state index contributed by atoms with van der Waals surface area (Å²) >= 11 is 0. The lowest BCUT2D eigenvalue weighted by atomic mass is 9.96. The second-order valence-electron chi connectivity index (χ2n) is 7.95. The number of ether oxygens (including phenoxy) is 3. The number of benzene rings is 1. The van der Waals surface area contributed by atoms with E-state index in [0.29, 0.717) is 19.6 Å². The molecule has 0 spiro atoms. The molecule has 1 aliphatic heterocycles. The fraction of sp³-hybridized carbons (Fsp3) is 0.500. The van der Waals surface area contributed by atoms with Crippen molar-refractivity contribution in [3.05, 3.63) is 53.0 Å². The Labute approximate surface area is 177 Å². The SMILES string of the molecule is C=C=COC(=O)NCCN(CCc1ccc2c(c1C)COC2O)C(=O)OC(C)(C)C. The first kappa shape index (κ1) is 23.5. The third-order valence-electron chi connectivity index (χ3n) is 4.60. The second kappa shape index (κ2) is 10.3. The molecular formula is C22H30N2O6. The smallest absolute Gasteiger partial charge is 0.412 e. The van der Waals surface area contributed by atoms with Gasteiger partial charge < -0.3 is 29.5 Å². The summed E-state index contributed by atoms with van der Waals surface area (Å²) in [5.74, 6) is 0. The van der Waals surface area contributed by atoms with Crippen molar-refractivity contribution in [3.8, 4) is 0 Å². The van der Waals surface area contributed by atoms with E-state index in [1.807, 2.05) is 19.1 Å². The van der Waals surface area contributed by atoms with Crippen LogP contribution in [0.4, 0.5) is 9.59 Å². The van der Waals surface area contributed by atoms with Gasteiger partial charge in [-0.15, -0.1) is 0 Å². The fourth-order valence-electron chi connectivity index (χ4n) is 3.08. The number of nitrogens with one attached hydrogen (secondary N) is 1. The average Bonchev–Trinajstić information content (AvgIpc) is 3.04. The summed E-state index contributed by atoms with van der Waals surface area (Å²) in [6, 6.07) is 3.80. The maximum atomic E-state index is 12.6. The molecule has 1 atom stereocenters. The van der Waals surface area contributed by atoms with E-state index in [4.69, 9.17) is 14.2 Å². The number of fused-ring (bicyclic) bond motifs is 1. The summed E-state index contributed by atoms with van der Waals surface area (Å²) in [5.41, 5.74) is 5.59. The maximum absolute atomic E-state index is 12.6. The molecule has 164 valence electrons. The van der Waals surface area contributed by atoms with Crippen molar-refractivity contribution >= 4 is 12.2 Å². The van der Waals surface area contributed by atoms with Crippen molar-refractivity contribution in [1.82, 2.24) is 10.2 Å². The molecule has 30 heavy (non-hydrogen) atoms. The minimum Gasteiger partial charge on any atom is -0.444 e. The first-order valence-electron chi connectivity index (χ1n) is 9.80. The molecule has 2 rings (SSSR count). The molecule has 1 unspecified atom stereocenters. The number of nitrogens with zero attached hydrogens (tertiary/aromatic N) is 1. The van der Waals surface area contributed by atoms with Crippen molar-refractivity contribution < 1.29 is 28.9 Å². The third-order valence-corrected chi connectivity index (χ3v) is 4.60. The van der Waals surface area contributed by atoms with Crippen molar-refractivity contribution in [2.45, 2.75) is 52.6 Å². The van der Waals surface area contributed by atoms with Crippen LogP contribution in [0.1, 0.15) is 49.3 Å². The predicted molar refractivity (Wildman–Crippen MR) is 111 cm³/mol. The van der Waals surface area contributed by atoms with Gasteiger partial charge in [0.2, 0.25) is 0 Å². The summed E-state index contributed by atoms with van der Waals surface area (Å²) in [4.78, 5) is 25.7.